The number of benzene rings is 1. The van der Waals surface area contributed by atoms with Crippen molar-refractivity contribution in [2.24, 2.45) is 0 Å². The van der Waals surface area contributed by atoms with E-state index >= 15 is 0 Å². The van der Waals surface area contributed by atoms with Crippen molar-refractivity contribution >= 4 is 23.9 Å². The average Bonchev–Trinajstić information content (AvgIpc) is 2.70. The maximum Gasteiger partial charge on any atom is 0.228 e. The van der Waals surface area contributed by atoms with Gasteiger partial charge in [-0.3, -0.25) is 19.3 Å². The van der Waals surface area contributed by atoms with Gasteiger partial charge >= 0.3 is 0 Å². The lowest BCUT2D eigenvalue weighted by Gasteiger charge is -2.14. The SMILES string of the molecule is CC(=O)N(C=O)CCc1cccc2c1CC(=O)N2. The molecule has 2 rings (SSSR count). The summed E-state index contributed by atoms with van der Waals surface area (Å²) in [6.07, 6.45) is 1.47. The number of rotatable bonds is 4. The van der Waals surface area contributed by atoms with Gasteiger partial charge in [0.05, 0.1) is 6.42 Å². The maximum absolute atomic E-state index is 11.3. The van der Waals surface area contributed by atoms with E-state index < -0.39 is 0 Å². The van der Waals surface area contributed by atoms with E-state index in [9.17, 15) is 14.4 Å². The van der Waals surface area contributed by atoms with E-state index in [-0.39, 0.29) is 11.8 Å². The van der Waals surface area contributed by atoms with Crippen LogP contribution in [0.3, 0.4) is 0 Å². The highest BCUT2D eigenvalue weighted by molar-refractivity contribution is 5.99. The first-order valence-electron chi connectivity index (χ1n) is 5.75. The van der Waals surface area contributed by atoms with Crippen LogP contribution in [0.2, 0.25) is 0 Å². The normalized spacial score (nSPS) is 12.8. The Labute approximate surface area is 105 Å². The minimum absolute atomic E-state index is 0.0174. The molecule has 0 fully saturated rings. The molecule has 3 amide bonds. The molecule has 1 heterocycles. The zero-order valence-corrected chi connectivity index (χ0v) is 10.1. The van der Waals surface area contributed by atoms with Gasteiger partial charge in [-0.15, -0.1) is 0 Å². The summed E-state index contributed by atoms with van der Waals surface area (Å²) in [4.78, 5) is 34.3. The van der Waals surface area contributed by atoms with Gasteiger partial charge in [0.1, 0.15) is 0 Å². The summed E-state index contributed by atoms with van der Waals surface area (Å²) < 4.78 is 0. The van der Waals surface area contributed by atoms with Crippen LogP contribution in [0.1, 0.15) is 18.1 Å². The predicted molar refractivity (Wildman–Crippen MR) is 65.9 cm³/mol. The Bertz CT molecular complexity index is 511. The van der Waals surface area contributed by atoms with Crippen LogP contribution < -0.4 is 5.32 Å². The number of anilines is 1. The molecule has 1 aliphatic heterocycles. The number of amides is 3. The largest absolute Gasteiger partial charge is 0.326 e. The fraction of sp³-hybridized carbons (Fsp3) is 0.308. The predicted octanol–water partition coefficient (Wildman–Crippen LogP) is 0.729. The highest BCUT2D eigenvalue weighted by Gasteiger charge is 2.20. The maximum atomic E-state index is 11.3. The zero-order valence-electron chi connectivity index (χ0n) is 10.1. The summed E-state index contributed by atoms with van der Waals surface area (Å²) >= 11 is 0. The Morgan fingerprint density at radius 1 is 1.50 bits per heavy atom. The Hall–Kier alpha value is -2.17. The number of fused-ring (bicyclic) bond motifs is 1. The van der Waals surface area contributed by atoms with Crippen molar-refractivity contribution in [1.82, 2.24) is 4.90 Å². The van der Waals surface area contributed by atoms with Gasteiger partial charge in [-0.05, 0) is 23.6 Å². The van der Waals surface area contributed by atoms with E-state index in [1.807, 2.05) is 18.2 Å². The third-order valence-corrected chi connectivity index (χ3v) is 3.04. The molecule has 0 spiro atoms. The fourth-order valence-corrected chi connectivity index (χ4v) is 2.07. The molecule has 1 N–H and O–H groups in total. The van der Waals surface area contributed by atoms with Gasteiger partial charge < -0.3 is 5.32 Å². The van der Waals surface area contributed by atoms with Crippen LogP contribution in [0.5, 0.6) is 0 Å². The highest BCUT2D eigenvalue weighted by atomic mass is 16.2. The highest BCUT2D eigenvalue weighted by Crippen LogP contribution is 2.26. The number of nitrogens with zero attached hydrogens (tertiary/aromatic N) is 1. The summed E-state index contributed by atoms with van der Waals surface area (Å²) in [5.41, 5.74) is 2.80. The Morgan fingerprint density at radius 3 is 2.94 bits per heavy atom. The average molecular weight is 246 g/mol. The number of carbonyl (C=O) groups is 3. The summed E-state index contributed by atoms with van der Waals surface area (Å²) in [5.74, 6) is -0.289. The second-order valence-electron chi connectivity index (χ2n) is 4.24. The van der Waals surface area contributed by atoms with Crippen LogP contribution in [0.4, 0.5) is 5.69 Å². The molecule has 0 radical (unpaired) electrons. The Kier molecular flexibility index (Phi) is 3.41. The van der Waals surface area contributed by atoms with E-state index in [0.717, 1.165) is 21.7 Å². The molecular weight excluding hydrogens is 232 g/mol. The first-order chi connectivity index (χ1) is 8.61. The second kappa shape index (κ2) is 5.00. The van der Waals surface area contributed by atoms with E-state index in [1.54, 1.807) is 0 Å². The van der Waals surface area contributed by atoms with Crippen molar-refractivity contribution in [1.29, 1.82) is 0 Å². The van der Waals surface area contributed by atoms with E-state index in [1.165, 1.54) is 6.92 Å². The number of hydrogen-bond acceptors (Lipinski definition) is 3. The molecule has 0 atom stereocenters. The van der Waals surface area contributed by atoms with Crippen molar-refractivity contribution in [3.8, 4) is 0 Å². The van der Waals surface area contributed by atoms with Crippen LogP contribution >= 0.6 is 0 Å². The van der Waals surface area contributed by atoms with Gasteiger partial charge in [-0.1, -0.05) is 12.1 Å². The van der Waals surface area contributed by atoms with Gasteiger partial charge in [0.15, 0.2) is 0 Å². The minimum Gasteiger partial charge on any atom is -0.326 e. The number of imide groups is 1. The van der Waals surface area contributed by atoms with Gasteiger partial charge in [0, 0.05) is 19.2 Å². The molecule has 0 saturated heterocycles. The molecule has 0 bridgehead atoms. The molecule has 94 valence electrons. The van der Waals surface area contributed by atoms with Gasteiger partial charge in [-0.2, -0.15) is 0 Å². The Balaban J connectivity index is 2.12. The van der Waals surface area contributed by atoms with E-state index in [2.05, 4.69) is 5.32 Å². The second-order valence-corrected chi connectivity index (χ2v) is 4.24. The van der Waals surface area contributed by atoms with Gasteiger partial charge in [0.2, 0.25) is 18.2 Å². The molecule has 1 aromatic carbocycles. The van der Waals surface area contributed by atoms with E-state index in [4.69, 9.17) is 0 Å². The third kappa shape index (κ3) is 2.40. The number of hydrogen-bond donors (Lipinski definition) is 1. The topological polar surface area (TPSA) is 66.5 Å². The molecule has 0 unspecified atom stereocenters. The van der Waals surface area contributed by atoms with Gasteiger partial charge in [-0.25, -0.2) is 0 Å². The Morgan fingerprint density at radius 2 is 2.28 bits per heavy atom. The lowest BCUT2D eigenvalue weighted by Crippen LogP contribution is -2.29. The summed E-state index contributed by atoms with van der Waals surface area (Å²) in [6.45, 7) is 1.69. The number of carbonyl (C=O) groups excluding carboxylic acids is 3. The fourth-order valence-electron chi connectivity index (χ4n) is 2.07. The molecule has 1 aromatic rings. The van der Waals surface area contributed by atoms with Crippen LogP contribution in [-0.4, -0.2) is 29.7 Å². The molecule has 1 aliphatic rings. The zero-order chi connectivity index (χ0) is 13.1. The molecule has 0 aromatic heterocycles. The lowest BCUT2D eigenvalue weighted by atomic mass is 10.0. The van der Waals surface area contributed by atoms with Crippen LogP contribution in [0, 0.1) is 0 Å². The van der Waals surface area contributed by atoms with Crippen molar-refractivity contribution in [2.75, 3.05) is 11.9 Å². The van der Waals surface area contributed by atoms with E-state index in [0.29, 0.717) is 25.8 Å². The standard InChI is InChI=1S/C13H14N2O3/c1-9(17)15(8-16)6-5-10-3-2-4-12-11(10)7-13(18)14-12/h2-4,8H,5-7H2,1H3,(H,14,18). The quantitative estimate of drug-likeness (QED) is 0.796. The van der Waals surface area contributed by atoms with Crippen molar-refractivity contribution < 1.29 is 14.4 Å². The number of nitrogens with one attached hydrogen (secondary N) is 1. The summed E-state index contributed by atoms with van der Waals surface area (Å²) in [6, 6.07) is 5.63. The molecule has 18 heavy (non-hydrogen) atoms. The van der Waals surface area contributed by atoms with Gasteiger partial charge in [0.25, 0.3) is 0 Å². The third-order valence-electron chi connectivity index (χ3n) is 3.04. The van der Waals surface area contributed by atoms with Crippen molar-refractivity contribution in [3.05, 3.63) is 29.3 Å². The molecule has 5 nitrogen and oxygen atoms in total. The van der Waals surface area contributed by atoms with Crippen LogP contribution in [-0.2, 0) is 27.2 Å². The monoisotopic (exact) mass is 246 g/mol. The van der Waals surface area contributed by atoms with Crippen LogP contribution in [0.15, 0.2) is 18.2 Å². The van der Waals surface area contributed by atoms with Crippen LogP contribution in [0.25, 0.3) is 0 Å². The molecule has 0 aliphatic carbocycles. The lowest BCUT2D eigenvalue weighted by molar-refractivity contribution is -0.136. The molecule has 0 saturated carbocycles. The van der Waals surface area contributed by atoms with Crippen molar-refractivity contribution in [2.45, 2.75) is 19.8 Å². The first kappa shape index (κ1) is 12.3. The summed E-state index contributed by atoms with van der Waals surface area (Å²) in [7, 11) is 0. The molecular formula is C13H14N2O3. The minimum atomic E-state index is -0.272. The first-order valence-corrected chi connectivity index (χ1v) is 5.75. The summed E-state index contributed by atoms with van der Waals surface area (Å²) in [5, 5.41) is 2.77. The smallest absolute Gasteiger partial charge is 0.228 e. The molecule has 5 heteroatoms. The van der Waals surface area contributed by atoms with Crippen molar-refractivity contribution in [3.63, 3.8) is 0 Å².